The average Bonchev–Trinajstić information content (AvgIpc) is 3.20. The van der Waals surface area contributed by atoms with Crippen LogP contribution in [0.15, 0.2) is 24.3 Å². The highest BCUT2D eigenvalue weighted by atomic mass is 16.5. The van der Waals surface area contributed by atoms with Crippen molar-refractivity contribution in [3.05, 3.63) is 29.8 Å². The van der Waals surface area contributed by atoms with Crippen LogP contribution in [-0.4, -0.2) is 43.6 Å². The fourth-order valence-electron chi connectivity index (χ4n) is 3.50. The summed E-state index contributed by atoms with van der Waals surface area (Å²) in [5.41, 5.74) is 0.827. The molecular weight excluding hydrogens is 348 g/mol. The molecule has 0 aromatic heterocycles. The number of hydrogen-bond acceptors (Lipinski definition) is 5. The molecule has 0 radical (unpaired) electrons. The Balaban J connectivity index is 1.52. The van der Waals surface area contributed by atoms with Gasteiger partial charge in [-0.1, -0.05) is 25.0 Å². The van der Waals surface area contributed by atoms with Crippen LogP contribution in [0.1, 0.15) is 48.9 Å². The molecule has 7 heteroatoms. The second-order valence-electron chi connectivity index (χ2n) is 7.04. The van der Waals surface area contributed by atoms with Crippen molar-refractivity contribution in [2.75, 3.05) is 25.1 Å². The minimum absolute atomic E-state index is 0.196. The first-order valence-corrected chi connectivity index (χ1v) is 9.57. The van der Waals surface area contributed by atoms with Gasteiger partial charge >= 0.3 is 5.97 Å². The number of carbonyl (C=O) groups excluding carboxylic acids is 3. The minimum Gasteiger partial charge on any atom is -0.455 e. The van der Waals surface area contributed by atoms with Crippen molar-refractivity contribution in [3.8, 4) is 0 Å². The third-order valence-electron chi connectivity index (χ3n) is 5.04. The Morgan fingerprint density at radius 1 is 1.04 bits per heavy atom. The number of para-hydroxylation sites is 1. The van der Waals surface area contributed by atoms with Crippen LogP contribution in [0, 0.1) is 5.92 Å². The first-order valence-electron chi connectivity index (χ1n) is 9.57. The van der Waals surface area contributed by atoms with Gasteiger partial charge in [-0.2, -0.15) is 0 Å². The van der Waals surface area contributed by atoms with Gasteiger partial charge in [0.15, 0.2) is 6.61 Å². The molecule has 3 rings (SSSR count). The third kappa shape index (κ3) is 5.53. The predicted molar refractivity (Wildman–Crippen MR) is 99.3 cm³/mol. The molecule has 1 aliphatic heterocycles. The van der Waals surface area contributed by atoms with E-state index in [4.69, 9.17) is 9.47 Å². The molecule has 0 spiro atoms. The smallest absolute Gasteiger partial charge is 0.309 e. The maximum absolute atomic E-state index is 12.5. The molecule has 1 saturated heterocycles. The third-order valence-corrected chi connectivity index (χ3v) is 5.04. The molecule has 1 aliphatic carbocycles. The van der Waals surface area contributed by atoms with Crippen molar-refractivity contribution in [2.24, 2.45) is 5.92 Å². The fraction of sp³-hybridized carbons (Fsp3) is 0.550. The zero-order valence-corrected chi connectivity index (χ0v) is 15.4. The first kappa shape index (κ1) is 19.4. The number of carbonyl (C=O) groups is 3. The number of ether oxygens (including phenoxy) is 2. The average molecular weight is 374 g/mol. The number of anilines is 1. The Bertz CT molecular complexity index is 679. The highest BCUT2D eigenvalue weighted by Crippen LogP contribution is 2.20. The monoisotopic (exact) mass is 374 g/mol. The van der Waals surface area contributed by atoms with E-state index in [9.17, 15) is 14.4 Å². The quantitative estimate of drug-likeness (QED) is 0.745. The second kappa shape index (κ2) is 9.50. The van der Waals surface area contributed by atoms with E-state index < -0.39 is 5.91 Å². The number of benzene rings is 1. The maximum Gasteiger partial charge on any atom is 0.309 e. The van der Waals surface area contributed by atoms with Gasteiger partial charge in [-0.25, -0.2) is 0 Å². The Hall–Kier alpha value is -2.41. The van der Waals surface area contributed by atoms with Crippen molar-refractivity contribution in [1.29, 1.82) is 0 Å². The highest BCUT2D eigenvalue weighted by molar-refractivity contribution is 6.04. The molecule has 2 N–H and O–H groups in total. The normalized spacial score (nSPS) is 18.1. The van der Waals surface area contributed by atoms with Crippen LogP contribution in [0.3, 0.4) is 0 Å². The van der Waals surface area contributed by atoms with Crippen molar-refractivity contribution >= 4 is 23.5 Å². The van der Waals surface area contributed by atoms with Crippen molar-refractivity contribution in [3.63, 3.8) is 0 Å². The van der Waals surface area contributed by atoms with E-state index in [1.165, 1.54) is 0 Å². The fourth-order valence-corrected chi connectivity index (χ4v) is 3.50. The number of amides is 2. The van der Waals surface area contributed by atoms with Gasteiger partial charge in [0.2, 0.25) is 0 Å². The van der Waals surface area contributed by atoms with Crippen molar-refractivity contribution in [1.82, 2.24) is 5.32 Å². The molecule has 1 saturated carbocycles. The van der Waals surface area contributed by atoms with Gasteiger partial charge in [0.05, 0.1) is 17.2 Å². The van der Waals surface area contributed by atoms with Crippen LogP contribution in [0.25, 0.3) is 0 Å². The number of hydrogen-bond donors (Lipinski definition) is 2. The molecule has 1 aromatic rings. The van der Waals surface area contributed by atoms with Crippen LogP contribution in [0.4, 0.5) is 5.69 Å². The standard InChI is InChI=1S/C20H26N2O5/c23-18(13-27-20(25)14-9-11-26-12-10-14)22-17-8-4-3-7-16(17)19(24)21-15-5-1-2-6-15/h3-4,7-8,14-15H,1-2,5-6,9-13H2,(H,21,24)(H,22,23). The maximum atomic E-state index is 12.5. The van der Waals surface area contributed by atoms with Gasteiger partial charge in [0.1, 0.15) is 0 Å². The van der Waals surface area contributed by atoms with E-state index in [1.54, 1.807) is 24.3 Å². The molecular formula is C20H26N2O5. The minimum atomic E-state index is -0.462. The van der Waals surface area contributed by atoms with Crippen LogP contribution in [-0.2, 0) is 19.1 Å². The molecule has 0 unspecified atom stereocenters. The number of nitrogens with one attached hydrogen (secondary N) is 2. The van der Waals surface area contributed by atoms with Gasteiger partial charge in [-0.3, -0.25) is 14.4 Å². The Kier molecular flexibility index (Phi) is 6.81. The van der Waals surface area contributed by atoms with Gasteiger partial charge in [-0.15, -0.1) is 0 Å². The molecule has 0 atom stereocenters. The molecule has 146 valence electrons. The zero-order valence-electron chi connectivity index (χ0n) is 15.4. The second-order valence-corrected chi connectivity index (χ2v) is 7.04. The van der Waals surface area contributed by atoms with E-state index in [0.717, 1.165) is 25.7 Å². The Labute approximate surface area is 158 Å². The lowest BCUT2D eigenvalue weighted by Crippen LogP contribution is -2.33. The summed E-state index contributed by atoms with van der Waals surface area (Å²) in [6, 6.07) is 7.04. The highest BCUT2D eigenvalue weighted by Gasteiger charge is 2.24. The van der Waals surface area contributed by atoms with Crippen molar-refractivity contribution < 1.29 is 23.9 Å². The van der Waals surface area contributed by atoms with Crippen molar-refractivity contribution in [2.45, 2.75) is 44.6 Å². The van der Waals surface area contributed by atoms with Gasteiger partial charge < -0.3 is 20.1 Å². The summed E-state index contributed by atoms with van der Waals surface area (Å²) in [5.74, 6) is -1.25. The van der Waals surface area contributed by atoms with Gasteiger partial charge in [-0.05, 0) is 37.8 Å². The van der Waals surface area contributed by atoms with E-state index >= 15 is 0 Å². The van der Waals surface area contributed by atoms with Crippen LogP contribution < -0.4 is 10.6 Å². The Morgan fingerprint density at radius 2 is 1.74 bits per heavy atom. The molecule has 2 fully saturated rings. The summed E-state index contributed by atoms with van der Waals surface area (Å²) < 4.78 is 10.3. The topological polar surface area (TPSA) is 93.7 Å². The SMILES string of the molecule is O=C(COC(=O)C1CCOCC1)Nc1ccccc1C(=O)NC1CCCC1. The van der Waals surface area contributed by atoms with E-state index in [2.05, 4.69) is 10.6 Å². The van der Waals surface area contributed by atoms with Gasteiger partial charge in [0, 0.05) is 19.3 Å². The summed E-state index contributed by atoms with van der Waals surface area (Å²) in [5, 5.41) is 5.69. The zero-order chi connectivity index (χ0) is 19.1. The number of rotatable bonds is 6. The Morgan fingerprint density at radius 3 is 2.48 bits per heavy atom. The number of esters is 1. The molecule has 1 heterocycles. The summed E-state index contributed by atoms with van der Waals surface area (Å²) in [6.45, 7) is 0.708. The van der Waals surface area contributed by atoms with Crippen LogP contribution in [0.2, 0.25) is 0 Å². The molecule has 2 aliphatic rings. The summed E-state index contributed by atoms with van der Waals surface area (Å²) in [4.78, 5) is 36.7. The molecule has 27 heavy (non-hydrogen) atoms. The lowest BCUT2D eigenvalue weighted by molar-refractivity contribution is -0.154. The molecule has 2 amide bonds. The molecule has 7 nitrogen and oxygen atoms in total. The molecule has 0 bridgehead atoms. The summed E-state index contributed by atoms with van der Waals surface area (Å²) in [6.07, 6.45) is 5.46. The predicted octanol–water partition coefficient (Wildman–Crippen LogP) is 2.27. The first-order chi connectivity index (χ1) is 13.1. The van der Waals surface area contributed by atoms with E-state index in [-0.39, 0.29) is 30.4 Å². The van der Waals surface area contributed by atoms with Gasteiger partial charge in [0.25, 0.3) is 11.8 Å². The van der Waals surface area contributed by atoms with E-state index in [0.29, 0.717) is 37.3 Å². The lowest BCUT2D eigenvalue weighted by atomic mass is 10.0. The lowest BCUT2D eigenvalue weighted by Gasteiger charge is -2.20. The summed E-state index contributed by atoms with van der Waals surface area (Å²) in [7, 11) is 0. The molecule has 1 aromatic carbocycles. The largest absolute Gasteiger partial charge is 0.455 e. The van der Waals surface area contributed by atoms with Crippen LogP contribution >= 0.6 is 0 Å². The van der Waals surface area contributed by atoms with E-state index in [1.807, 2.05) is 0 Å². The van der Waals surface area contributed by atoms with Crippen LogP contribution in [0.5, 0.6) is 0 Å². The summed E-state index contributed by atoms with van der Waals surface area (Å²) >= 11 is 0.